The van der Waals surface area contributed by atoms with Crippen molar-refractivity contribution in [3.63, 3.8) is 0 Å². The van der Waals surface area contributed by atoms with E-state index in [4.69, 9.17) is 5.11 Å². The Bertz CT molecular complexity index is 192. The lowest BCUT2D eigenvalue weighted by atomic mass is 10.0. The summed E-state index contributed by atoms with van der Waals surface area (Å²) in [5.41, 5.74) is 0. The zero-order valence-electron chi connectivity index (χ0n) is 11.2. The van der Waals surface area contributed by atoms with Gasteiger partial charge in [0.1, 0.15) is 0 Å². The summed E-state index contributed by atoms with van der Waals surface area (Å²) in [5, 5.41) is 8.92. The quantitative estimate of drug-likeness (QED) is 0.660. The number of rotatable bonds is 9. The van der Waals surface area contributed by atoms with Crippen LogP contribution in [0.4, 0.5) is 0 Å². The van der Waals surface area contributed by atoms with E-state index in [0.717, 1.165) is 19.4 Å². The van der Waals surface area contributed by atoms with Crippen molar-refractivity contribution in [3.8, 4) is 0 Å². The standard InChI is InChI=1S/C13H27NO2/c1-5-7-8-12(6-2)14(9-11(3)4)10-13(15)16/h11-12H,5-10H2,1-4H3,(H,15,16). The van der Waals surface area contributed by atoms with Crippen LogP contribution >= 0.6 is 0 Å². The molecule has 1 atom stereocenters. The molecule has 0 aromatic rings. The molecule has 0 aliphatic rings. The molecule has 3 nitrogen and oxygen atoms in total. The molecule has 0 saturated heterocycles. The fraction of sp³-hybridized carbons (Fsp3) is 0.923. The lowest BCUT2D eigenvalue weighted by Crippen LogP contribution is -2.41. The van der Waals surface area contributed by atoms with Crippen molar-refractivity contribution in [2.75, 3.05) is 13.1 Å². The number of carbonyl (C=O) groups is 1. The molecule has 0 aliphatic carbocycles. The van der Waals surface area contributed by atoms with Crippen LogP contribution in [0, 0.1) is 5.92 Å². The van der Waals surface area contributed by atoms with E-state index in [2.05, 4.69) is 32.6 Å². The van der Waals surface area contributed by atoms with Crippen LogP contribution in [-0.2, 0) is 4.79 Å². The Labute approximate surface area is 99.8 Å². The molecule has 3 heteroatoms. The van der Waals surface area contributed by atoms with E-state index in [0.29, 0.717) is 12.0 Å². The normalized spacial score (nSPS) is 13.4. The van der Waals surface area contributed by atoms with Crippen LogP contribution in [0.3, 0.4) is 0 Å². The van der Waals surface area contributed by atoms with Crippen LogP contribution in [-0.4, -0.2) is 35.1 Å². The highest BCUT2D eigenvalue weighted by Gasteiger charge is 2.19. The number of nitrogens with zero attached hydrogens (tertiary/aromatic N) is 1. The van der Waals surface area contributed by atoms with Gasteiger partial charge in [-0.1, -0.05) is 40.5 Å². The zero-order chi connectivity index (χ0) is 12.6. The highest BCUT2D eigenvalue weighted by atomic mass is 16.4. The van der Waals surface area contributed by atoms with Gasteiger partial charge < -0.3 is 5.11 Å². The summed E-state index contributed by atoms with van der Waals surface area (Å²) in [6.45, 7) is 9.67. The van der Waals surface area contributed by atoms with E-state index in [1.54, 1.807) is 0 Å². The molecule has 0 radical (unpaired) electrons. The first-order valence-electron chi connectivity index (χ1n) is 6.47. The first kappa shape index (κ1) is 15.4. The molecule has 16 heavy (non-hydrogen) atoms. The summed E-state index contributed by atoms with van der Waals surface area (Å²) in [4.78, 5) is 13.0. The SMILES string of the molecule is CCCCC(CC)N(CC(=O)O)CC(C)C. The predicted octanol–water partition coefficient (Wildman–Crippen LogP) is 3.00. The second kappa shape index (κ2) is 8.57. The third-order valence-corrected chi connectivity index (χ3v) is 2.82. The number of unbranched alkanes of at least 4 members (excludes halogenated alkanes) is 1. The monoisotopic (exact) mass is 229 g/mol. The van der Waals surface area contributed by atoms with E-state index in [1.807, 2.05) is 0 Å². The minimum Gasteiger partial charge on any atom is -0.480 e. The Hall–Kier alpha value is -0.570. The lowest BCUT2D eigenvalue weighted by molar-refractivity contribution is -0.139. The fourth-order valence-corrected chi connectivity index (χ4v) is 2.07. The Morgan fingerprint density at radius 1 is 1.31 bits per heavy atom. The van der Waals surface area contributed by atoms with Crippen molar-refractivity contribution >= 4 is 5.97 Å². The number of hydrogen-bond acceptors (Lipinski definition) is 2. The molecule has 0 aliphatic heterocycles. The van der Waals surface area contributed by atoms with Crippen molar-refractivity contribution in [2.24, 2.45) is 5.92 Å². The summed E-state index contributed by atoms with van der Waals surface area (Å²) in [6.07, 6.45) is 4.53. The van der Waals surface area contributed by atoms with Gasteiger partial charge in [-0.15, -0.1) is 0 Å². The molecule has 0 fully saturated rings. The number of aliphatic carboxylic acids is 1. The predicted molar refractivity (Wildman–Crippen MR) is 67.7 cm³/mol. The van der Waals surface area contributed by atoms with Crippen LogP contribution < -0.4 is 0 Å². The van der Waals surface area contributed by atoms with Crippen LogP contribution in [0.15, 0.2) is 0 Å². The fourth-order valence-electron chi connectivity index (χ4n) is 2.07. The van der Waals surface area contributed by atoms with Crippen molar-refractivity contribution in [1.29, 1.82) is 0 Å². The molecule has 0 aromatic carbocycles. The van der Waals surface area contributed by atoms with Crippen LogP contribution in [0.1, 0.15) is 53.4 Å². The maximum atomic E-state index is 10.8. The minimum absolute atomic E-state index is 0.181. The highest BCUT2D eigenvalue weighted by molar-refractivity contribution is 5.69. The van der Waals surface area contributed by atoms with Gasteiger partial charge in [-0.2, -0.15) is 0 Å². The van der Waals surface area contributed by atoms with E-state index in [9.17, 15) is 4.79 Å². The molecule has 1 N–H and O–H groups in total. The maximum Gasteiger partial charge on any atom is 0.317 e. The van der Waals surface area contributed by atoms with Crippen molar-refractivity contribution in [1.82, 2.24) is 4.90 Å². The Balaban J connectivity index is 4.35. The first-order chi connectivity index (χ1) is 7.51. The lowest BCUT2D eigenvalue weighted by Gasteiger charge is -2.31. The average molecular weight is 229 g/mol. The van der Waals surface area contributed by atoms with Crippen molar-refractivity contribution in [2.45, 2.75) is 59.4 Å². The largest absolute Gasteiger partial charge is 0.480 e. The van der Waals surface area contributed by atoms with Gasteiger partial charge in [0.15, 0.2) is 0 Å². The second-order valence-electron chi connectivity index (χ2n) is 4.92. The van der Waals surface area contributed by atoms with Crippen molar-refractivity contribution < 1.29 is 9.90 Å². The zero-order valence-corrected chi connectivity index (χ0v) is 11.2. The molecule has 0 bridgehead atoms. The number of hydrogen-bond donors (Lipinski definition) is 1. The summed E-state index contributed by atoms with van der Waals surface area (Å²) < 4.78 is 0. The van der Waals surface area contributed by atoms with Gasteiger partial charge in [0.25, 0.3) is 0 Å². The molecular weight excluding hydrogens is 202 g/mol. The van der Waals surface area contributed by atoms with E-state index >= 15 is 0 Å². The smallest absolute Gasteiger partial charge is 0.317 e. The Morgan fingerprint density at radius 3 is 2.31 bits per heavy atom. The first-order valence-corrected chi connectivity index (χ1v) is 6.47. The molecule has 0 saturated carbocycles. The van der Waals surface area contributed by atoms with Crippen LogP contribution in [0.5, 0.6) is 0 Å². The summed E-state index contributed by atoms with van der Waals surface area (Å²) in [5.74, 6) is -0.189. The van der Waals surface area contributed by atoms with E-state index in [1.165, 1.54) is 12.8 Å². The highest BCUT2D eigenvalue weighted by Crippen LogP contribution is 2.14. The Kier molecular flexibility index (Phi) is 8.26. The third kappa shape index (κ3) is 6.83. The second-order valence-corrected chi connectivity index (χ2v) is 4.92. The van der Waals surface area contributed by atoms with Gasteiger partial charge in [-0.25, -0.2) is 0 Å². The van der Waals surface area contributed by atoms with E-state index in [-0.39, 0.29) is 6.54 Å². The topological polar surface area (TPSA) is 40.5 Å². The number of carboxylic acids is 1. The molecule has 0 amide bonds. The Morgan fingerprint density at radius 2 is 1.94 bits per heavy atom. The molecular formula is C13H27NO2. The molecule has 0 rings (SSSR count). The maximum absolute atomic E-state index is 10.8. The van der Waals surface area contributed by atoms with E-state index < -0.39 is 5.97 Å². The summed E-state index contributed by atoms with van der Waals surface area (Å²) in [6, 6.07) is 0.429. The van der Waals surface area contributed by atoms with Gasteiger partial charge in [-0.05, 0) is 18.8 Å². The van der Waals surface area contributed by atoms with Gasteiger partial charge in [0, 0.05) is 12.6 Å². The number of carboxylic acid groups (broad SMARTS) is 1. The average Bonchev–Trinajstić information content (AvgIpc) is 2.16. The molecule has 0 spiro atoms. The third-order valence-electron chi connectivity index (χ3n) is 2.82. The summed E-state index contributed by atoms with van der Waals surface area (Å²) in [7, 11) is 0. The van der Waals surface area contributed by atoms with Crippen molar-refractivity contribution in [3.05, 3.63) is 0 Å². The molecule has 0 heterocycles. The molecule has 96 valence electrons. The van der Waals surface area contributed by atoms with Gasteiger partial charge in [0.05, 0.1) is 6.54 Å². The van der Waals surface area contributed by atoms with Gasteiger partial charge in [-0.3, -0.25) is 9.69 Å². The van der Waals surface area contributed by atoms with Gasteiger partial charge in [0.2, 0.25) is 0 Å². The van der Waals surface area contributed by atoms with Gasteiger partial charge >= 0.3 is 5.97 Å². The van der Waals surface area contributed by atoms with Crippen LogP contribution in [0.2, 0.25) is 0 Å². The summed E-state index contributed by atoms with van der Waals surface area (Å²) >= 11 is 0. The molecule has 0 aromatic heterocycles. The van der Waals surface area contributed by atoms with Crippen LogP contribution in [0.25, 0.3) is 0 Å². The molecule has 1 unspecified atom stereocenters. The minimum atomic E-state index is -0.712.